The highest BCUT2D eigenvalue weighted by Crippen LogP contribution is 2.34. The summed E-state index contributed by atoms with van der Waals surface area (Å²) in [7, 11) is 0. The van der Waals surface area contributed by atoms with Crippen LogP contribution in [0.2, 0.25) is 0 Å². The second kappa shape index (κ2) is 4.69. The normalized spacial score (nSPS) is 20.6. The lowest BCUT2D eigenvalue weighted by Crippen LogP contribution is -2.35. The molecule has 1 aromatic carbocycles. The molecule has 1 aliphatic heterocycles. The predicted octanol–water partition coefficient (Wildman–Crippen LogP) is 2.87. The van der Waals surface area contributed by atoms with E-state index in [1.807, 2.05) is 0 Å². The van der Waals surface area contributed by atoms with Gasteiger partial charge in [-0.05, 0) is 36.5 Å². The third-order valence-electron chi connectivity index (χ3n) is 4.28. The van der Waals surface area contributed by atoms with Crippen molar-refractivity contribution in [3.8, 4) is 0 Å². The lowest BCUT2D eigenvalue weighted by molar-refractivity contribution is 0.282. The van der Waals surface area contributed by atoms with Gasteiger partial charge in [-0.25, -0.2) is 0 Å². The van der Waals surface area contributed by atoms with E-state index in [4.69, 9.17) is 0 Å². The quantitative estimate of drug-likeness (QED) is 0.846. The highest BCUT2D eigenvalue weighted by molar-refractivity contribution is 5.60. The molecule has 1 N–H and O–H groups in total. The highest BCUT2D eigenvalue weighted by Gasteiger charge is 2.27. The fraction of sp³-hybridized carbons (Fsp3) is 0.600. The number of aliphatic hydroxyl groups is 1. The number of aliphatic hydroxyl groups excluding tert-OH is 1. The number of anilines is 1. The van der Waals surface area contributed by atoms with Crippen molar-refractivity contribution in [1.82, 2.24) is 0 Å². The van der Waals surface area contributed by atoms with Crippen molar-refractivity contribution >= 4 is 5.69 Å². The third kappa shape index (κ3) is 2.06. The zero-order valence-corrected chi connectivity index (χ0v) is 10.4. The largest absolute Gasteiger partial charge is 0.392 e. The van der Waals surface area contributed by atoms with Crippen LogP contribution < -0.4 is 4.90 Å². The van der Waals surface area contributed by atoms with Crippen LogP contribution in [0, 0.1) is 0 Å². The van der Waals surface area contributed by atoms with Gasteiger partial charge < -0.3 is 10.0 Å². The van der Waals surface area contributed by atoms with Gasteiger partial charge in [0.2, 0.25) is 0 Å². The second-order valence-corrected chi connectivity index (χ2v) is 5.36. The Morgan fingerprint density at radius 2 is 2.00 bits per heavy atom. The SMILES string of the molecule is OCc1ccc2c(c1)N(C1CCCCC1)CC2. The number of hydrogen-bond donors (Lipinski definition) is 1. The molecule has 0 atom stereocenters. The van der Waals surface area contributed by atoms with Crippen LogP contribution in [0.3, 0.4) is 0 Å². The predicted molar refractivity (Wildman–Crippen MR) is 70.3 cm³/mol. The maximum atomic E-state index is 9.25. The molecular weight excluding hydrogens is 210 g/mol. The molecule has 0 saturated heterocycles. The molecule has 17 heavy (non-hydrogen) atoms. The Bertz CT molecular complexity index is 396. The molecule has 2 heteroatoms. The van der Waals surface area contributed by atoms with E-state index in [1.165, 1.54) is 56.3 Å². The van der Waals surface area contributed by atoms with Crippen LogP contribution >= 0.6 is 0 Å². The smallest absolute Gasteiger partial charge is 0.0682 e. The summed E-state index contributed by atoms with van der Waals surface area (Å²) in [4.78, 5) is 2.59. The molecule has 1 saturated carbocycles. The summed E-state index contributed by atoms with van der Waals surface area (Å²) in [5.74, 6) is 0. The van der Waals surface area contributed by atoms with Crippen LogP contribution in [0.5, 0.6) is 0 Å². The summed E-state index contributed by atoms with van der Waals surface area (Å²) >= 11 is 0. The molecule has 0 radical (unpaired) electrons. The molecule has 1 aromatic rings. The molecule has 3 rings (SSSR count). The Morgan fingerprint density at radius 3 is 2.76 bits per heavy atom. The minimum atomic E-state index is 0.159. The molecule has 1 aliphatic carbocycles. The second-order valence-electron chi connectivity index (χ2n) is 5.36. The Morgan fingerprint density at radius 1 is 1.18 bits per heavy atom. The Labute approximate surface area is 103 Å². The fourth-order valence-electron chi connectivity index (χ4n) is 3.32. The molecule has 1 fully saturated rings. The molecule has 0 spiro atoms. The van der Waals surface area contributed by atoms with Crippen molar-refractivity contribution in [2.75, 3.05) is 11.4 Å². The van der Waals surface area contributed by atoms with Crippen LogP contribution in [-0.4, -0.2) is 17.7 Å². The van der Waals surface area contributed by atoms with E-state index in [9.17, 15) is 5.11 Å². The average Bonchev–Trinajstić information content (AvgIpc) is 2.82. The van der Waals surface area contributed by atoms with Gasteiger partial charge in [0.15, 0.2) is 0 Å². The van der Waals surface area contributed by atoms with Gasteiger partial charge in [0.1, 0.15) is 0 Å². The first-order valence-electron chi connectivity index (χ1n) is 6.88. The van der Waals surface area contributed by atoms with E-state index in [-0.39, 0.29) is 6.61 Å². The molecule has 1 heterocycles. The van der Waals surface area contributed by atoms with E-state index in [0.717, 1.165) is 11.6 Å². The lowest BCUT2D eigenvalue weighted by Gasteiger charge is -2.33. The van der Waals surface area contributed by atoms with Gasteiger partial charge in [-0.15, -0.1) is 0 Å². The summed E-state index contributed by atoms with van der Waals surface area (Å²) in [5.41, 5.74) is 3.91. The Hall–Kier alpha value is -1.02. The number of fused-ring (bicyclic) bond motifs is 1. The number of rotatable bonds is 2. The van der Waals surface area contributed by atoms with Crippen LogP contribution in [0.15, 0.2) is 18.2 Å². The molecular formula is C15H21NO. The van der Waals surface area contributed by atoms with Gasteiger partial charge in [0, 0.05) is 18.3 Å². The first-order valence-corrected chi connectivity index (χ1v) is 6.88. The summed E-state index contributed by atoms with van der Waals surface area (Å²) in [6.45, 7) is 1.33. The van der Waals surface area contributed by atoms with Crippen molar-refractivity contribution in [3.05, 3.63) is 29.3 Å². The van der Waals surface area contributed by atoms with Gasteiger partial charge in [0.05, 0.1) is 6.61 Å². The summed E-state index contributed by atoms with van der Waals surface area (Å²) in [5, 5.41) is 9.25. The number of nitrogens with zero attached hydrogens (tertiary/aromatic N) is 1. The van der Waals surface area contributed by atoms with E-state index in [1.54, 1.807) is 0 Å². The molecule has 0 aromatic heterocycles. The third-order valence-corrected chi connectivity index (χ3v) is 4.28. The molecule has 0 unspecified atom stereocenters. The topological polar surface area (TPSA) is 23.5 Å². The van der Waals surface area contributed by atoms with Gasteiger partial charge >= 0.3 is 0 Å². The lowest BCUT2D eigenvalue weighted by atomic mass is 9.94. The maximum absolute atomic E-state index is 9.25. The molecule has 2 aliphatic rings. The van der Waals surface area contributed by atoms with Gasteiger partial charge in [-0.1, -0.05) is 31.4 Å². The molecule has 92 valence electrons. The summed E-state index contributed by atoms with van der Waals surface area (Å²) < 4.78 is 0. The van der Waals surface area contributed by atoms with E-state index < -0.39 is 0 Å². The molecule has 2 nitrogen and oxygen atoms in total. The summed E-state index contributed by atoms with van der Waals surface area (Å²) in [6.07, 6.45) is 8.06. The highest BCUT2D eigenvalue weighted by atomic mass is 16.3. The van der Waals surface area contributed by atoms with Gasteiger partial charge in [0.25, 0.3) is 0 Å². The van der Waals surface area contributed by atoms with Crippen LogP contribution in [0.1, 0.15) is 43.2 Å². The van der Waals surface area contributed by atoms with Crippen molar-refractivity contribution < 1.29 is 5.11 Å². The van der Waals surface area contributed by atoms with Crippen LogP contribution in [0.4, 0.5) is 5.69 Å². The first-order chi connectivity index (χ1) is 8.38. The van der Waals surface area contributed by atoms with Crippen molar-refractivity contribution in [1.29, 1.82) is 0 Å². The van der Waals surface area contributed by atoms with Crippen LogP contribution in [0.25, 0.3) is 0 Å². The first kappa shape index (κ1) is 11.1. The number of hydrogen-bond acceptors (Lipinski definition) is 2. The number of benzene rings is 1. The van der Waals surface area contributed by atoms with E-state index in [2.05, 4.69) is 23.1 Å². The van der Waals surface area contributed by atoms with Gasteiger partial charge in [-0.3, -0.25) is 0 Å². The zero-order chi connectivity index (χ0) is 11.7. The van der Waals surface area contributed by atoms with E-state index >= 15 is 0 Å². The average molecular weight is 231 g/mol. The minimum Gasteiger partial charge on any atom is -0.392 e. The standard InChI is InChI=1S/C15H21NO/c17-11-12-6-7-13-8-9-16(15(13)10-12)14-4-2-1-3-5-14/h6-7,10,14,17H,1-5,8-9,11H2. The van der Waals surface area contributed by atoms with Crippen LogP contribution in [-0.2, 0) is 13.0 Å². The Balaban J connectivity index is 1.85. The molecule has 0 amide bonds. The maximum Gasteiger partial charge on any atom is 0.0682 e. The minimum absolute atomic E-state index is 0.159. The van der Waals surface area contributed by atoms with Gasteiger partial charge in [-0.2, -0.15) is 0 Å². The van der Waals surface area contributed by atoms with Crippen molar-refractivity contribution in [2.24, 2.45) is 0 Å². The fourth-order valence-corrected chi connectivity index (χ4v) is 3.32. The monoisotopic (exact) mass is 231 g/mol. The van der Waals surface area contributed by atoms with Crippen molar-refractivity contribution in [3.63, 3.8) is 0 Å². The summed E-state index contributed by atoms with van der Waals surface area (Å²) in [6, 6.07) is 7.20. The molecule has 0 bridgehead atoms. The Kier molecular flexibility index (Phi) is 3.06. The zero-order valence-electron chi connectivity index (χ0n) is 10.4. The van der Waals surface area contributed by atoms with E-state index in [0.29, 0.717) is 0 Å². The van der Waals surface area contributed by atoms with Crippen molar-refractivity contribution in [2.45, 2.75) is 51.2 Å².